The van der Waals surface area contributed by atoms with E-state index in [1.54, 1.807) is 0 Å². The molecule has 0 aliphatic carbocycles. The zero-order chi connectivity index (χ0) is 5.28. The van der Waals surface area contributed by atoms with E-state index in [0.717, 1.165) is 5.70 Å². The first-order valence-corrected chi connectivity index (χ1v) is 3.40. The Morgan fingerprint density at radius 1 is 1.86 bits per heavy atom. The largest absolute Gasteiger partial charge is 0.265 e. The van der Waals surface area contributed by atoms with Crippen LogP contribution in [0.3, 0.4) is 0 Å². The predicted molar refractivity (Wildman–Crippen MR) is 40.1 cm³/mol. The third-order valence-corrected chi connectivity index (χ3v) is 1.50. The molecule has 38 valence electrons. The van der Waals surface area contributed by atoms with Gasteiger partial charge >= 0.3 is 0 Å². The lowest BCUT2D eigenvalue weighted by atomic mass is 10.4. The van der Waals surface area contributed by atoms with E-state index in [4.69, 9.17) is 0 Å². The van der Waals surface area contributed by atoms with Gasteiger partial charge in [0.15, 0.2) is 0 Å². The van der Waals surface area contributed by atoms with Crippen LogP contribution >= 0.6 is 22.6 Å². The summed E-state index contributed by atoms with van der Waals surface area (Å²) in [5, 5.41) is 0. The Morgan fingerprint density at radius 2 is 2.57 bits per heavy atom. The van der Waals surface area contributed by atoms with Gasteiger partial charge in [0, 0.05) is 11.9 Å². The lowest BCUT2D eigenvalue weighted by Crippen LogP contribution is -1.84. The van der Waals surface area contributed by atoms with Crippen molar-refractivity contribution in [3.05, 3.63) is 11.8 Å². The van der Waals surface area contributed by atoms with Crippen LogP contribution in [-0.4, -0.2) is 10.1 Å². The second kappa shape index (κ2) is 1.94. The van der Waals surface area contributed by atoms with E-state index >= 15 is 0 Å². The second-order valence-corrected chi connectivity index (χ2v) is 2.97. The summed E-state index contributed by atoms with van der Waals surface area (Å²) < 4.78 is 0.539. The number of allylic oxidation sites excluding steroid dienone is 2. The van der Waals surface area contributed by atoms with Crippen molar-refractivity contribution in [3.8, 4) is 0 Å². The van der Waals surface area contributed by atoms with Crippen molar-refractivity contribution in [1.82, 2.24) is 0 Å². The van der Waals surface area contributed by atoms with Crippen LogP contribution in [0.2, 0.25) is 0 Å². The van der Waals surface area contributed by atoms with Crippen molar-refractivity contribution >= 4 is 28.8 Å². The van der Waals surface area contributed by atoms with Gasteiger partial charge in [-0.25, -0.2) is 0 Å². The minimum absolute atomic E-state index is 0.539. The first-order chi connectivity index (χ1) is 3.29. The number of alkyl halides is 1. The molecule has 0 radical (unpaired) electrons. The van der Waals surface area contributed by atoms with Gasteiger partial charge in [-0.15, -0.1) is 0 Å². The fraction of sp³-hybridized carbons (Fsp3) is 0.400. The van der Waals surface area contributed by atoms with Crippen LogP contribution in [0, 0.1) is 0 Å². The third kappa shape index (κ3) is 1.26. The Bertz CT molecular complexity index is 126. The van der Waals surface area contributed by atoms with Crippen molar-refractivity contribution in [2.75, 3.05) is 0 Å². The Hall–Kier alpha value is 0.140. The fourth-order valence-electron chi connectivity index (χ4n) is 0.505. The zero-order valence-corrected chi connectivity index (χ0v) is 6.21. The van der Waals surface area contributed by atoms with Crippen LogP contribution in [0.15, 0.2) is 16.8 Å². The molecule has 1 nitrogen and oxygen atoms in total. The van der Waals surface area contributed by atoms with Gasteiger partial charge in [0.25, 0.3) is 0 Å². The van der Waals surface area contributed by atoms with Crippen molar-refractivity contribution in [2.45, 2.75) is 10.8 Å². The molecule has 0 spiro atoms. The van der Waals surface area contributed by atoms with Crippen molar-refractivity contribution in [2.24, 2.45) is 4.99 Å². The molecular weight excluding hydrogens is 201 g/mol. The Morgan fingerprint density at radius 3 is 2.71 bits per heavy atom. The summed E-state index contributed by atoms with van der Waals surface area (Å²) in [6, 6.07) is 0. The standard InChI is InChI=1S/C5H6IN/c1-4-2-5(6)3-7-4/h2-3,5H,1H3. The monoisotopic (exact) mass is 207 g/mol. The van der Waals surface area contributed by atoms with E-state index in [2.05, 4.69) is 33.7 Å². The van der Waals surface area contributed by atoms with Crippen LogP contribution in [0.1, 0.15) is 6.92 Å². The second-order valence-electron chi connectivity index (χ2n) is 1.53. The number of hydrogen-bond donors (Lipinski definition) is 0. The first-order valence-electron chi connectivity index (χ1n) is 2.16. The molecule has 0 aromatic carbocycles. The molecule has 1 heterocycles. The number of aliphatic imine (C=N–C) groups is 1. The predicted octanol–water partition coefficient (Wildman–Crippen LogP) is 1.78. The van der Waals surface area contributed by atoms with Crippen molar-refractivity contribution < 1.29 is 0 Å². The van der Waals surface area contributed by atoms with Gasteiger partial charge in [-0.3, -0.25) is 4.99 Å². The van der Waals surface area contributed by atoms with Gasteiger partial charge in [-0.05, 0) is 13.0 Å². The first kappa shape index (κ1) is 5.28. The molecule has 1 atom stereocenters. The number of halogens is 1. The number of rotatable bonds is 0. The zero-order valence-electron chi connectivity index (χ0n) is 4.06. The molecule has 2 heteroatoms. The SMILES string of the molecule is CC1=CC(I)C=N1. The number of nitrogens with zero attached hydrogens (tertiary/aromatic N) is 1. The summed E-state index contributed by atoms with van der Waals surface area (Å²) >= 11 is 2.32. The Kier molecular flexibility index (Phi) is 1.46. The molecule has 0 bridgehead atoms. The minimum atomic E-state index is 0.539. The van der Waals surface area contributed by atoms with E-state index in [0.29, 0.717) is 3.92 Å². The molecule has 7 heavy (non-hydrogen) atoms. The highest BCUT2D eigenvalue weighted by Crippen LogP contribution is 2.10. The molecule has 1 aliphatic rings. The van der Waals surface area contributed by atoms with Crippen LogP contribution in [0.25, 0.3) is 0 Å². The smallest absolute Gasteiger partial charge is 0.0662 e. The topological polar surface area (TPSA) is 12.4 Å². The average molecular weight is 207 g/mol. The Labute approximate surface area is 56.7 Å². The van der Waals surface area contributed by atoms with Crippen LogP contribution in [0.5, 0.6) is 0 Å². The van der Waals surface area contributed by atoms with Gasteiger partial charge in [0.1, 0.15) is 0 Å². The van der Waals surface area contributed by atoms with E-state index < -0.39 is 0 Å². The number of hydrogen-bond acceptors (Lipinski definition) is 1. The van der Waals surface area contributed by atoms with E-state index in [9.17, 15) is 0 Å². The molecule has 0 aromatic rings. The van der Waals surface area contributed by atoms with E-state index in [-0.39, 0.29) is 0 Å². The van der Waals surface area contributed by atoms with Gasteiger partial charge in [-0.2, -0.15) is 0 Å². The lowest BCUT2D eigenvalue weighted by Gasteiger charge is -1.80. The summed E-state index contributed by atoms with van der Waals surface area (Å²) in [5.41, 5.74) is 1.14. The molecule has 1 aliphatic heterocycles. The molecular formula is C5H6IN. The maximum absolute atomic E-state index is 4.05. The maximum atomic E-state index is 4.05. The molecule has 0 amide bonds. The lowest BCUT2D eigenvalue weighted by molar-refractivity contribution is 1.34. The van der Waals surface area contributed by atoms with Crippen LogP contribution in [0.4, 0.5) is 0 Å². The molecule has 1 rings (SSSR count). The molecule has 0 aromatic heterocycles. The third-order valence-electron chi connectivity index (χ3n) is 0.821. The van der Waals surface area contributed by atoms with Crippen LogP contribution < -0.4 is 0 Å². The molecule has 1 unspecified atom stereocenters. The maximum Gasteiger partial charge on any atom is 0.0662 e. The van der Waals surface area contributed by atoms with E-state index in [1.165, 1.54) is 0 Å². The molecule has 0 fully saturated rings. The van der Waals surface area contributed by atoms with Crippen molar-refractivity contribution in [1.29, 1.82) is 0 Å². The van der Waals surface area contributed by atoms with Crippen LogP contribution in [-0.2, 0) is 0 Å². The summed E-state index contributed by atoms with van der Waals surface area (Å²) in [5.74, 6) is 0. The fourth-order valence-corrected chi connectivity index (χ4v) is 1.19. The molecule has 0 saturated carbocycles. The summed E-state index contributed by atoms with van der Waals surface area (Å²) in [7, 11) is 0. The highest BCUT2D eigenvalue weighted by Gasteiger charge is 2.00. The summed E-state index contributed by atoms with van der Waals surface area (Å²) in [6.45, 7) is 2.01. The molecule has 0 N–H and O–H groups in total. The Balaban J connectivity index is 2.69. The van der Waals surface area contributed by atoms with Gasteiger partial charge in [-0.1, -0.05) is 22.6 Å². The van der Waals surface area contributed by atoms with Crippen molar-refractivity contribution in [3.63, 3.8) is 0 Å². The summed E-state index contributed by atoms with van der Waals surface area (Å²) in [6.07, 6.45) is 4.07. The van der Waals surface area contributed by atoms with Gasteiger partial charge < -0.3 is 0 Å². The van der Waals surface area contributed by atoms with Gasteiger partial charge in [0.05, 0.1) is 3.92 Å². The van der Waals surface area contributed by atoms with Gasteiger partial charge in [0.2, 0.25) is 0 Å². The molecule has 0 saturated heterocycles. The summed E-state index contributed by atoms with van der Waals surface area (Å²) in [4.78, 5) is 4.05. The normalized spacial score (nSPS) is 28.3. The minimum Gasteiger partial charge on any atom is -0.265 e. The average Bonchev–Trinajstić information content (AvgIpc) is 1.87. The highest BCUT2D eigenvalue weighted by molar-refractivity contribution is 14.1. The van der Waals surface area contributed by atoms with E-state index in [1.807, 2.05) is 13.1 Å². The highest BCUT2D eigenvalue weighted by atomic mass is 127. The quantitative estimate of drug-likeness (QED) is 0.424.